The van der Waals surface area contributed by atoms with Gasteiger partial charge in [0.05, 0.1) is 6.33 Å². The smallest absolute Gasteiger partial charge is 0.197 e. The number of aryl methyl sites for hydroxylation is 1. The van der Waals surface area contributed by atoms with Crippen LogP contribution in [-0.4, -0.2) is 34.5 Å². The molecule has 9 nitrogen and oxygen atoms in total. The molecule has 10 heteroatoms. The fraction of sp³-hybridized carbons (Fsp3) is 0.167. The van der Waals surface area contributed by atoms with Gasteiger partial charge in [-0.3, -0.25) is 10.2 Å². The van der Waals surface area contributed by atoms with Crippen molar-refractivity contribution in [2.75, 3.05) is 5.23 Å². The summed E-state index contributed by atoms with van der Waals surface area (Å²) in [6, 6.07) is 3.70. The lowest BCUT2D eigenvalue weighted by Gasteiger charge is -2.19. The average molecular weight is 318 g/mol. The number of hydrogen-bond donors (Lipinski definition) is 1. The van der Waals surface area contributed by atoms with Crippen LogP contribution in [0.5, 0.6) is 0 Å². The Balaban J connectivity index is 1.95. The number of rotatable bonds is 4. The molecule has 0 unspecified atom stereocenters. The molecule has 0 bridgehead atoms. The molecule has 0 aliphatic rings. The first-order chi connectivity index (χ1) is 10.6. The molecule has 3 aromatic heterocycles. The third-order valence-corrected chi connectivity index (χ3v) is 4.19. The van der Waals surface area contributed by atoms with Crippen LogP contribution in [0, 0.1) is 5.21 Å². The molecule has 3 heterocycles. The third-order valence-electron chi connectivity index (χ3n) is 2.99. The summed E-state index contributed by atoms with van der Waals surface area (Å²) in [5, 5.41) is 29.2. The Kier molecular flexibility index (Phi) is 3.79. The molecule has 0 amide bonds. The zero-order valence-corrected chi connectivity index (χ0v) is 12.6. The molecular formula is C12H12N7O2S-. The Morgan fingerprint density at radius 3 is 2.82 bits per heavy atom. The Morgan fingerprint density at radius 2 is 2.14 bits per heavy atom. The maximum absolute atomic E-state index is 11.1. The quantitative estimate of drug-likeness (QED) is 0.720. The van der Waals surface area contributed by atoms with Crippen LogP contribution in [0.1, 0.15) is 0 Å². The topological polar surface area (TPSA) is 108 Å². The standard InChI is InChI=1S/C12H12N7O2S/c1-17-7-14-10(19(20)21)11(17)22-12-16-15-9(18(12)2)8-4-3-5-13-6-8/h3-7,20H,1-2H3/q-1. The maximum Gasteiger partial charge on any atom is 0.197 e. The van der Waals surface area contributed by atoms with E-state index in [1.807, 2.05) is 19.2 Å². The van der Waals surface area contributed by atoms with Crippen LogP contribution in [0.2, 0.25) is 0 Å². The summed E-state index contributed by atoms with van der Waals surface area (Å²) in [6.07, 6.45) is 4.82. The fourth-order valence-electron chi connectivity index (χ4n) is 1.89. The van der Waals surface area contributed by atoms with Crippen molar-refractivity contribution in [3.63, 3.8) is 0 Å². The molecule has 0 saturated heterocycles. The molecule has 0 saturated carbocycles. The highest BCUT2D eigenvalue weighted by Crippen LogP contribution is 2.33. The van der Waals surface area contributed by atoms with Crippen LogP contribution in [-0.2, 0) is 14.1 Å². The number of imidazole rings is 1. The lowest BCUT2D eigenvalue weighted by molar-refractivity contribution is 0.291. The highest BCUT2D eigenvalue weighted by Gasteiger charge is 2.17. The van der Waals surface area contributed by atoms with E-state index in [0.717, 1.165) is 5.56 Å². The van der Waals surface area contributed by atoms with Gasteiger partial charge < -0.3 is 19.6 Å². The van der Waals surface area contributed by atoms with Crippen molar-refractivity contribution in [3.8, 4) is 11.4 Å². The third kappa shape index (κ3) is 2.54. The van der Waals surface area contributed by atoms with E-state index in [2.05, 4.69) is 20.2 Å². The van der Waals surface area contributed by atoms with Gasteiger partial charge in [-0.15, -0.1) is 10.2 Å². The second-order valence-electron chi connectivity index (χ2n) is 4.47. The van der Waals surface area contributed by atoms with Gasteiger partial charge in [0.15, 0.2) is 16.8 Å². The molecule has 0 atom stereocenters. The Bertz CT molecular complexity index is 784. The Hall–Kier alpha value is -2.43. The van der Waals surface area contributed by atoms with Gasteiger partial charge >= 0.3 is 0 Å². The van der Waals surface area contributed by atoms with Crippen molar-refractivity contribution in [1.82, 2.24) is 29.3 Å². The minimum Gasteiger partial charge on any atom is -0.732 e. The summed E-state index contributed by atoms with van der Waals surface area (Å²) in [5.41, 5.74) is 0.835. The first kappa shape index (κ1) is 14.5. The fourth-order valence-corrected chi connectivity index (χ4v) is 2.78. The van der Waals surface area contributed by atoms with Crippen molar-refractivity contribution >= 4 is 17.6 Å². The molecule has 0 aliphatic heterocycles. The summed E-state index contributed by atoms with van der Waals surface area (Å²) < 4.78 is 3.41. The molecule has 0 radical (unpaired) electrons. The van der Waals surface area contributed by atoms with Crippen molar-refractivity contribution in [2.24, 2.45) is 14.1 Å². The van der Waals surface area contributed by atoms with Crippen LogP contribution >= 0.6 is 11.8 Å². The predicted octanol–water partition coefficient (Wildman–Crippen LogP) is 1.46. The summed E-state index contributed by atoms with van der Waals surface area (Å²) >= 11 is 1.19. The molecule has 0 aliphatic carbocycles. The van der Waals surface area contributed by atoms with Crippen LogP contribution in [0.15, 0.2) is 41.0 Å². The van der Waals surface area contributed by atoms with Gasteiger partial charge in [0.25, 0.3) is 0 Å². The second kappa shape index (κ2) is 5.75. The van der Waals surface area contributed by atoms with Gasteiger partial charge in [-0.25, -0.2) is 4.98 Å². The van der Waals surface area contributed by atoms with Crippen molar-refractivity contribution in [1.29, 1.82) is 0 Å². The van der Waals surface area contributed by atoms with Crippen LogP contribution in [0.4, 0.5) is 5.82 Å². The lowest BCUT2D eigenvalue weighted by atomic mass is 10.3. The van der Waals surface area contributed by atoms with E-state index >= 15 is 0 Å². The number of pyridine rings is 1. The maximum atomic E-state index is 11.1. The van der Waals surface area contributed by atoms with E-state index in [0.29, 0.717) is 16.0 Å². The SMILES string of the molecule is Cn1cnc(N([O-])O)c1Sc1nnc(-c2cccnc2)n1C. The second-order valence-corrected chi connectivity index (χ2v) is 5.42. The van der Waals surface area contributed by atoms with Crippen LogP contribution in [0.25, 0.3) is 11.4 Å². The van der Waals surface area contributed by atoms with Crippen LogP contribution in [0.3, 0.4) is 0 Å². The van der Waals surface area contributed by atoms with Gasteiger partial charge in [-0.1, -0.05) is 0 Å². The van der Waals surface area contributed by atoms with Gasteiger partial charge in [0.2, 0.25) is 0 Å². The largest absolute Gasteiger partial charge is 0.732 e. The molecule has 3 rings (SSSR count). The summed E-state index contributed by atoms with van der Waals surface area (Å²) in [4.78, 5) is 7.90. The number of hydrogen-bond acceptors (Lipinski definition) is 8. The van der Waals surface area contributed by atoms with E-state index in [9.17, 15) is 5.21 Å². The zero-order chi connectivity index (χ0) is 15.7. The monoisotopic (exact) mass is 318 g/mol. The van der Waals surface area contributed by atoms with Gasteiger partial charge in [-0.2, -0.15) is 0 Å². The highest BCUT2D eigenvalue weighted by atomic mass is 32.2. The average Bonchev–Trinajstić information content (AvgIpc) is 3.05. The zero-order valence-electron chi connectivity index (χ0n) is 11.8. The van der Waals surface area contributed by atoms with Crippen molar-refractivity contribution in [2.45, 2.75) is 10.2 Å². The first-order valence-corrected chi connectivity index (χ1v) is 7.04. The van der Waals surface area contributed by atoms with Crippen molar-refractivity contribution in [3.05, 3.63) is 36.1 Å². The normalized spacial score (nSPS) is 10.9. The number of nitrogens with zero attached hydrogens (tertiary/aromatic N) is 7. The van der Waals surface area contributed by atoms with Crippen LogP contribution < -0.4 is 5.23 Å². The Morgan fingerprint density at radius 1 is 1.32 bits per heavy atom. The summed E-state index contributed by atoms with van der Waals surface area (Å²) in [6.45, 7) is 0. The van der Waals surface area contributed by atoms with E-state index < -0.39 is 0 Å². The first-order valence-electron chi connectivity index (χ1n) is 6.23. The molecular weight excluding hydrogens is 306 g/mol. The molecule has 0 spiro atoms. The highest BCUT2D eigenvalue weighted by molar-refractivity contribution is 7.99. The van der Waals surface area contributed by atoms with Crippen molar-refractivity contribution < 1.29 is 5.21 Å². The molecule has 0 aromatic carbocycles. The van der Waals surface area contributed by atoms with E-state index in [-0.39, 0.29) is 11.0 Å². The Labute approximate surface area is 129 Å². The van der Waals surface area contributed by atoms with Gasteiger partial charge in [-0.05, 0) is 23.9 Å². The molecule has 1 N–H and O–H groups in total. The number of anilines is 1. The minimum atomic E-state index is -0.263. The van der Waals surface area contributed by atoms with E-state index in [4.69, 9.17) is 5.21 Å². The minimum absolute atomic E-state index is 0.0848. The van der Waals surface area contributed by atoms with Gasteiger partial charge in [0.1, 0.15) is 5.03 Å². The lowest BCUT2D eigenvalue weighted by Crippen LogP contribution is -2.09. The van der Waals surface area contributed by atoms with E-state index in [1.54, 1.807) is 28.6 Å². The summed E-state index contributed by atoms with van der Waals surface area (Å²) in [5.74, 6) is 0.570. The van der Waals surface area contributed by atoms with E-state index in [1.165, 1.54) is 18.1 Å². The molecule has 114 valence electrons. The summed E-state index contributed by atoms with van der Waals surface area (Å²) in [7, 11) is 3.54. The predicted molar refractivity (Wildman–Crippen MR) is 79.2 cm³/mol. The molecule has 3 aromatic rings. The molecule has 22 heavy (non-hydrogen) atoms. The number of aromatic nitrogens is 6. The van der Waals surface area contributed by atoms with Gasteiger partial charge in [0, 0.05) is 32.1 Å². The molecule has 0 fully saturated rings.